The Morgan fingerprint density at radius 2 is 2.00 bits per heavy atom. The van der Waals surface area contributed by atoms with E-state index >= 15 is 0 Å². The highest BCUT2D eigenvalue weighted by molar-refractivity contribution is 9.10. The topological polar surface area (TPSA) is 50.8 Å². The van der Waals surface area contributed by atoms with Crippen LogP contribution in [0, 0.1) is 17.1 Å². The molecule has 0 amide bonds. The maximum atomic E-state index is 13.9. The monoisotopic (exact) mass is 435 g/mol. The number of halogens is 2. The quantitative estimate of drug-likeness (QED) is 0.395. The van der Waals surface area contributed by atoms with Gasteiger partial charge in [0, 0.05) is 29.5 Å². The lowest BCUT2D eigenvalue weighted by Gasteiger charge is -2.09. The van der Waals surface area contributed by atoms with Crippen molar-refractivity contribution in [1.29, 1.82) is 5.26 Å². The third-order valence-corrected chi connectivity index (χ3v) is 5.08. The number of nitriles is 1. The largest absolute Gasteiger partial charge is 0.438 e. The summed E-state index contributed by atoms with van der Waals surface area (Å²) in [6.07, 6.45) is 4.10. The lowest BCUT2D eigenvalue weighted by molar-refractivity contribution is 0.468. The van der Waals surface area contributed by atoms with Gasteiger partial charge in [-0.15, -0.1) is 0 Å². The van der Waals surface area contributed by atoms with Crippen LogP contribution in [0.5, 0.6) is 11.6 Å². The number of nitrogens with zero attached hydrogens (tertiary/aromatic N) is 3. The summed E-state index contributed by atoms with van der Waals surface area (Å²) < 4.78 is 22.8. The lowest BCUT2D eigenvalue weighted by atomic mass is 10.1. The van der Waals surface area contributed by atoms with Crippen LogP contribution in [0.1, 0.15) is 11.1 Å². The van der Waals surface area contributed by atoms with Gasteiger partial charge in [0.1, 0.15) is 11.6 Å². The number of rotatable bonds is 5. The minimum atomic E-state index is -0.189. The van der Waals surface area contributed by atoms with Gasteiger partial charge in [0.2, 0.25) is 5.88 Å². The van der Waals surface area contributed by atoms with E-state index in [0.29, 0.717) is 35.7 Å². The first-order chi connectivity index (χ1) is 13.7. The van der Waals surface area contributed by atoms with Gasteiger partial charge in [-0.05, 0) is 52.2 Å². The number of benzene rings is 2. The number of hydrogen-bond donors (Lipinski definition) is 0. The van der Waals surface area contributed by atoms with E-state index in [2.05, 4.69) is 31.6 Å². The van der Waals surface area contributed by atoms with E-state index in [1.807, 2.05) is 30.5 Å². The first-order valence-electron chi connectivity index (χ1n) is 8.70. The van der Waals surface area contributed by atoms with Gasteiger partial charge in [-0.1, -0.05) is 24.3 Å². The molecule has 4 rings (SSSR count). The van der Waals surface area contributed by atoms with E-state index in [1.54, 1.807) is 30.5 Å². The van der Waals surface area contributed by atoms with Crippen molar-refractivity contribution in [2.45, 2.75) is 13.0 Å². The Morgan fingerprint density at radius 3 is 2.82 bits per heavy atom. The van der Waals surface area contributed by atoms with Crippen LogP contribution in [0.4, 0.5) is 4.39 Å². The van der Waals surface area contributed by atoms with Crippen LogP contribution in [0.15, 0.2) is 71.5 Å². The second-order valence-corrected chi connectivity index (χ2v) is 7.11. The van der Waals surface area contributed by atoms with Crippen LogP contribution >= 0.6 is 15.9 Å². The second-order valence-electron chi connectivity index (χ2n) is 6.26. The molecule has 0 spiro atoms. The van der Waals surface area contributed by atoms with E-state index in [4.69, 9.17) is 10.00 Å². The van der Waals surface area contributed by atoms with Gasteiger partial charge in [-0.2, -0.15) is 5.26 Å². The maximum Gasteiger partial charge on any atom is 0.220 e. The molecule has 0 aliphatic heterocycles. The highest BCUT2D eigenvalue weighted by Crippen LogP contribution is 2.36. The number of aryl methyl sites for hydroxylation is 2. The minimum absolute atomic E-state index is 0.189. The molecule has 0 atom stereocenters. The van der Waals surface area contributed by atoms with Crippen LogP contribution in [-0.4, -0.2) is 9.55 Å². The molecule has 0 saturated carbocycles. The average molecular weight is 436 g/mol. The van der Waals surface area contributed by atoms with Crippen molar-refractivity contribution in [3.63, 3.8) is 0 Å². The third kappa shape index (κ3) is 3.62. The Labute approximate surface area is 170 Å². The molecule has 0 saturated heterocycles. The van der Waals surface area contributed by atoms with E-state index in [-0.39, 0.29) is 5.82 Å². The molecule has 138 valence electrons. The van der Waals surface area contributed by atoms with Crippen LogP contribution < -0.4 is 4.74 Å². The van der Waals surface area contributed by atoms with Crippen molar-refractivity contribution in [1.82, 2.24) is 9.55 Å². The molecule has 0 aliphatic rings. The number of ether oxygens (including phenoxy) is 1. The van der Waals surface area contributed by atoms with Gasteiger partial charge < -0.3 is 9.30 Å². The summed E-state index contributed by atoms with van der Waals surface area (Å²) in [7, 11) is 0. The van der Waals surface area contributed by atoms with Crippen molar-refractivity contribution in [2.24, 2.45) is 0 Å². The summed E-state index contributed by atoms with van der Waals surface area (Å²) in [6.45, 7) is 0.634. The zero-order valence-electron chi connectivity index (χ0n) is 14.8. The molecule has 0 bridgehead atoms. The minimum Gasteiger partial charge on any atom is -0.438 e. The summed E-state index contributed by atoms with van der Waals surface area (Å²) >= 11 is 3.60. The van der Waals surface area contributed by atoms with Crippen LogP contribution in [-0.2, 0) is 13.0 Å². The molecular weight excluding hydrogens is 421 g/mol. The fourth-order valence-corrected chi connectivity index (χ4v) is 3.78. The van der Waals surface area contributed by atoms with Gasteiger partial charge in [-0.25, -0.2) is 9.37 Å². The normalized spacial score (nSPS) is 10.8. The van der Waals surface area contributed by atoms with Gasteiger partial charge in [0.05, 0.1) is 22.5 Å². The van der Waals surface area contributed by atoms with E-state index in [1.165, 1.54) is 6.07 Å². The van der Waals surface area contributed by atoms with Gasteiger partial charge >= 0.3 is 0 Å². The Hall–Kier alpha value is -3.17. The first kappa shape index (κ1) is 18.2. The summed E-state index contributed by atoms with van der Waals surface area (Å²) in [6, 6.07) is 17.9. The number of fused-ring (bicyclic) bond motifs is 1. The second kappa shape index (κ2) is 7.83. The molecule has 0 unspecified atom stereocenters. The maximum absolute atomic E-state index is 13.9. The summed E-state index contributed by atoms with van der Waals surface area (Å²) in [5.41, 5.74) is 2.14. The molecule has 0 radical (unpaired) electrons. The highest BCUT2D eigenvalue weighted by atomic mass is 79.9. The Bertz CT molecular complexity index is 1200. The summed E-state index contributed by atoms with van der Waals surface area (Å²) in [5.74, 6) is 0.805. The fourth-order valence-electron chi connectivity index (χ4n) is 3.13. The molecule has 0 N–H and O–H groups in total. The van der Waals surface area contributed by atoms with E-state index in [0.717, 1.165) is 15.4 Å². The Morgan fingerprint density at radius 1 is 1.14 bits per heavy atom. The molecule has 2 aromatic carbocycles. The summed E-state index contributed by atoms with van der Waals surface area (Å²) in [4.78, 5) is 4.17. The standard InChI is InChI=1S/C22H15BrFN3O/c23-17-14-27(11-9-16-4-1-2-5-18(16)24)19-6-3-7-20(22(17)19)28-21-12-15(13-25)8-10-26-21/h1-8,10,12,14H,9,11H2. The highest BCUT2D eigenvalue weighted by Gasteiger charge is 2.13. The first-order valence-corrected chi connectivity index (χ1v) is 9.50. The average Bonchev–Trinajstić information content (AvgIpc) is 3.04. The zero-order valence-corrected chi connectivity index (χ0v) is 16.4. The fraction of sp³-hybridized carbons (Fsp3) is 0.0909. The van der Waals surface area contributed by atoms with E-state index in [9.17, 15) is 4.39 Å². The zero-order chi connectivity index (χ0) is 19.5. The molecule has 28 heavy (non-hydrogen) atoms. The molecular formula is C22H15BrFN3O. The number of aromatic nitrogens is 2. The molecule has 4 nitrogen and oxygen atoms in total. The third-order valence-electron chi connectivity index (χ3n) is 4.48. The van der Waals surface area contributed by atoms with Gasteiger partial charge in [-0.3, -0.25) is 0 Å². The number of pyridine rings is 1. The molecule has 0 aliphatic carbocycles. The predicted octanol–water partition coefficient (Wildman–Crippen LogP) is 5.84. The van der Waals surface area contributed by atoms with Crippen LogP contribution in [0.25, 0.3) is 10.9 Å². The van der Waals surface area contributed by atoms with E-state index < -0.39 is 0 Å². The van der Waals surface area contributed by atoms with Crippen LogP contribution in [0.2, 0.25) is 0 Å². The molecule has 0 fully saturated rings. The van der Waals surface area contributed by atoms with Crippen molar-refractivity contribution in [2.75, 3.05) is 0 Å². The molecule has 6 heteroatoms. The number of hydrogen-bond acceptors (Lipinski definition) is 3. The SMILES string of the molecule is N#Cc1ccnc(Oc2cccc3c2c(Br)cn3CCc2ccccc2F)c1. The predicted molar refractivity (Wildman–Crippen MR) is 109 cm³/mol. The Kier molecular flexibility index (Phi) is 5.09. The molecule has 2 heterocycles. The molecule has 2 aromatic heterocycles. The van der Waals surface area contributed by atoms with Crippen LogP contribution in [0.3, 0.4) is 0 Å². The van der Waals surface area contributed by atoms with Gasteiger partial charge in [0.25, 0.3) is 0 Å². The summed E-state index contributed by atoms with van der Waals surface area (Å²) in [5, 5.41) is 9.95. The van der Waals surface area contributed by atoms with Crippen molar-refractivity contribution in [3.8, 4) is 17.7 Å². The van der Waals surface area contributed by atoms with Crippen molar-refractivity contribution in [3.05, 3.63) is 88.4 Å². The van der Waals surface area contributed by atoms with Gasteiger partial charge in [0.15, 0.2) is 0 Å². The van der Waals surface area contributed by atoms with Crippen molar-refractivity contribution >= 4 is 26.8 Å². The smallest absolute Gasteiger partial charge is 0.220 e. The molecule has 4 aromatic rings. The Balaban J connectivity index is 1.65. The lowest BCUT2D eigenvalue weighted by Crippen LogP contribution is -2.01. The van der Waals surface area contributed by atoms with Crippen molar-refractivity contribution < 1.29 is 9.13 Å².